The molecular formula is C70H55N5O7S3. The Balaban J connectivity index is 0.936. The van der Waals surface area contributed by atoms with E-state index in [9.17, 15) is 4.79 Å². The Morgan fingerprint density at radius 1 is 0.659 bits per heavy atom. The molecule has 8 aromatic carbocycles. The van der Waals surface area contributed by atoms with Crippen LogP contribution in [0.25, 0.3) is 0 Å². The minimum atomic E-state index is -1.40. The Bertz CT molecular complexity index is 3850. The summed E-state index contributed by atoms with van der Waals surface area (Å²) in [4.78, 5) is 72.5. The summed E-state index contributed by atoms with van der Waals surface area (Å²) < 4.78 is 11.7. The Hall–Kier alpha value is -9.54. The number of β-lactam (4-membered cyclic amide) rings is 1. The average molecular weight is 1170 g/mol. The van der Waals surface area contributed by atoms with Crippen LogP contribution in [0.15, 0.2) is 291 Å². The second-order valence-corrected chi connectivity index (χ2v) is 23.3. The monoisotopic (exact) mass is 1170 g/mol. The van der Waals surface area contributed by atoms with Crippen molar-refractivity contribution in [2.24, 2.45) is 5.16 Å². The Morgan fingerprint density at radius 2 is 1.12 bits per heavy atom. The number of nitrogens with zero attached hydrogens (tertiary/aromatic N) is 3. The van der Waals surface area contributed by atoms with Crippen molar-refractivity contribution in [3.05, 3.63) is 338 Å². The molecule has 0 radical (unpaired) electrons. The minimum absolute atomic E-state index is 0.0767. The van der Waals surface area contributed by atoms with Crippen LogP contribution in [0.5, 0.6) is 0 Å². The maximum absolute atomic E-state index is 15.6. The lowest BCUT2D eigenvalue weighted by Crippen LogP contribution is -2.71. The van der Waals surface area contributed by atoms with E-state index in [4.69, 9.17) is 24.1 Å². The van der Waals surface area contributed by atoms with E-state index in [1.807, 2.05) is 206 Å². The summed E-state index contributed by atoms with van der Waals surface area (Å²) in [7, 11) is 0. The van der Waals surface area contributed by atoms with Crippen LogP contribution in [-0.4, -0.2) is 56.3 Å². The molecule has 12 nitrogen and oxygen atoms in total. The van der Waals surface area contributed by atoms with Gasteiger partial charge in [0.15, 0.2) is 16.9 Å². The van der Waals surface area contributed by atoms with Gasteiger partial charge in [0.1, 0.15) is 34.1 Å². The first-order chi connectivity index (χ1) is 41.7. The van der Waals surface area contributed by atoms with Crippen molar-refractivity contribution in [3.63, 3.8) is 0 Å². The van der Waals surface area contributed by atoms with Gasteiger partial charge >= 0.3 is 11.6 Å². The molecule has 2 aliphatic heterocycles. The number of aromatic nitrogens is 1. The highest BCUT2D eigenvalue weighted by Gasteiger charge is 2.55. The van der Waals surface area contributed by atoms with Crippen LogP contribution in [0.3, 0.4) is 0 Å². The molecule has 10 aromatic rings. The number of carbonyl (C=O) groups excluding carboxylic acids is 3. The van der Waals surface area contributed by atoms with E-state index in [0.717, 1.165) is 44.5 Å². The Labute approximate surface area is 504 Å². The van der Waals surface area contributed by atoms with E-state index in [2.05, 4.69) is 47.0 Å². The smallest absolute Gasteiger partial charge is 0.356 e. The van der Waals surface area contributed by atoms with Crippen LogP contribution in [0, 0.1) is 6.92 Å². The fourth-order valence-electron chi connectivity index (χ4n) is 10.9. The predicted molar refractivity (Wildman–Crippen MR) is 335 cm³/mol. The van der Waals surface area contributed by atoms with Gasteiger partial charge < -0.3 is 24.6 Å². The molecule has 420 valence electrons. The van der Waals surface area contributed by atoms with Crippen molar-refractivity contribution in [3.8, 4) is 0 Å². The number of anilines is 1. The Morgan fingerprint density at radius 3 is 1.59 bits per heavy atom. The van der Waals surface area contributed by atoms with Gasteiger partial charge in [0.2, 0.25) is 5.60 Å². The molecule has 2 atom stereocenters. The van der Waals surface area contributed by atoms with E-state index in [0.29, 0.717) is 27.1 Å². The fourth-order valence-corrected chi connectivity index (χ4v) is 14.2. The van der Waals surface area contributed by atoms with Crippen molar-refractivity contribution in [2.45, 2.75) is 40.5 Å². The van der Waals surface area contributed by atoms with Gasteiger partial charge in [0, 0.05) is 44.5 Å². The third-order valence-corrected chi connectivity index (χ3v) is 18.1. The number of nitrogens with one attached hydrogen (secondary N) is 2. The van der Waals surface area contributed by atoms with Crippen LogP contribution < -0.4 is 16.3 Å². The van der Waals surface area contributed by atoms with Gasteiger partial charge in [-0.2, -0.15) is 0 Å². The van der Waals surface area contributed by atoms with Crippen molar-refractivity contribution < 1.29 is 28.4 Å². The number of thioether (sulfide) groups is 2. The normalized spacial score (nSPS) is 15.2. The lowest BCUT2D eigenvalue weighted by atomic mass is 9.77. The first kappa shape index (κ1) is 56.0. The number of benzene rings is 8. The summed E-state index contributed by atoms with van der Waals surface area (Å²) in [5.41, 5.74) is 4.38. The van der Waals surface area contributed by atoms with E-state index in [1.165, 1.54) is 45.8 Å². The van der Waals surface area contributed by atoms with E-state index < -0.39 is 52.1 Å². The number of thiazole rings is 1. The number of hydrogen-bond acceptors (Lipinski definition) is 13. The number of oxime groups is 1. The highest BCUT2D eigenvalue weighted by atomic mass is 32.2. The highest BCUT2D eigenvalue weighted by Crippen LogP contribution is 2.45. The second kappa shape index (κ2) is 25.1. The largest absolute Gasteiger partial charge is 0.448 e. The molecular weight excluding hydrogens is 1120 g/mol. The molecule has 4 heterocycles. The lowest BCUT2D eigenvalue weighted by Gasteiger charge is -2.49. The van der Waals surface area contributed by atoms with Crippen LogP contribution in [-0.2, 0) is 35.1 Å². The van der Waals surface area contributed by atoms with Gasteiger partial charge in [-0.05, 0) is 46.4 Å². The SMILES string of the molecule is Cc1cc(SCC2=C(C(=O)OC(c3ccccc3)c3ccccc3)N3C(=O)[C@@H](NC(=O)/C(=N/OC(c4ccccc4)(c4ccccc4)c4ccccc4)c4csc(NC(c5ccccc5)(c5ccccc5)c5ccccc5)n4)[C@H]3SC2)cc(=O)o1. The maximum atomic E-state index is 15.6. The minimum Gasteiger partial charge on any atom is -0.448 e. The maximum Gasteiger partial charge on any atom is 0.356 e. The summed E-state index contributed by atoms with van der Waals surface area (Å²) in [5, 5.41) is 13.3. The zero-order valence-electron chi connectivity index (χ0n) is 45.9. The number of ether oxygens (including phenoxy) is 1. The fraction of sp³-hybridized carbons (Fsp3) is 0.114. The standard InChI is InChI=1S/C70H55N5O7S3/c1-47-42-57(43-59(76)80-47)83-44-50-45-84-66-61(65(78)75(66)62(50)67(79)81-63(48-26-10-2-11-27-48)49-28-12-3-13-29-49)72-64(77)60(74-82-70(54-36-20-7-21-37-54,55-38-22-8-23-39-55)56-40-24-9-25-41-56)58-46-85-68(71-58)73-69(51-30-14-4-15-31-51,52-32-16-5-17-33-52)53-34-18-6-19-35-53/h2-43,46,61,63,66H,44-45H2,1H3,(H,71,73)(H,72,77)/b74-60+/t61-,66-/m1/s1. The molecule has 2 amide bonds. The van der Waals surface area contributed by atoms with E-state index in [1.54, 1.807) is 18.4 Å². The number of rotatable bonds is 20. The molecule has 0 spiro atoms. The third kappa shape index (κ3) is 11.5. The molecule has 1 saturated heterocycles. The van der Waals surface area contributed by atoms with Gasteiger partial charge in [-0.3, -0.25) is 14.5 Å². The van der Waals surface area contributed by atoms with Gasteiger partial charge in [-0.15, -0.1) is 34.9 Å². The molecule has 12 rings (SSSR count). The zero-order valence-corrected chi connectivity index (χ0v) is 48.3. The lowest BCUT2D eigenvalue weighted by molar-refractivity contribution is -0.154. The van der Waals surface area contributed by atoms with Gasteiger partial charge in [-0.25, -0.2) is 14.6 Å². The average Bonchev–Trinajstić information content (AvgIpc) is 1.60. The molecule has 2 aromatic heterocycles. The van der Waals surface area contributed by atoms with Crippen LogP contribution in [0.1, 0.15) is 62.1 Å². The van der Waals surface area contributed by atoms with Crippen molar-refractivity contribution in [1.82, 2.24) is 15.2 Å². The van der Waals surface area contributed by atoms with Crippen LogP contribution in [0.2, 0.25) is 0 Å². The molecule has 0 unspecified atom stereocenters. The third-order valence-electron chi connectivity index (χ3n) is 14.9. The number of carbonyl (C=O) groups is 3. The molecule has 0 aliphatic carbocycles. The Kier molecular flexibility index (Phi) is 16.5. The number of esters is 1. The van der Waals surface area contributed by atoms with Gasteiger partial charge in [0.05, 0.1) is 0 Å². The molecule has 0 bridgehead atoms. The van der Waals surface area contributed by atoms with Crippen LogP contribution >= 0.6 is 34.9 Å². The first-order valence-electron chi connectivity index (χ1n) is 27.6. The number of aryl methyl sites for hydroxylation is 1. The quantitative estimate of drug-likeness (QED) is 0.0187. The van der Waals surface area contributed by atoms with E-state index >= 15 is 14.4 Å². The molecule has 85 heavy (non-hydrogen) atoms. The molecule has 2 aliphatic rings. The second-order valence-electron chi connectivity index (χ2n) is 20.3. The van der Waals surface area contributed by atoms with E-state index in [-0.39, 0.29) is 22.9 Å². The summed E-state index contributed by atoms with van der Waals surface area (Å²) in [5.74, 6) is -0.995. The summed E-state index contributed by atoms with van der Waals surface area (Å²) in [6.07, 6.45) is -0.818. The summed E-state index contributed by atoms with van der Waals surface area (Å²) >= 11 is 4.05. The van der Waals surface area contributed by atoms with Gasteiger partial charge in [-0.1, -0.05) is 248 Å². The number of amides is 2. The molecule has 15 heteroatoms. The molecule has 1 fully saturated rings. The summed E-state index contributed by atoms with van der Waals surface area (Å²) in [6, 6.07) is 80.4. The van der Waals surface area contributed by atoms with Crippen molar-refractivity contribution in [1.29, 1.82) is 0 Å². The number of hydrogen-bond donors (Lipinski definition) is 2. The topological polar surface area (TPSA) is 152 Å². The number of fused-ring (bicyclic) bond motifs is 1. The molecule has 0 saturated carbocycles. The van der Waals surface area contributed by atoms with Gasteiger partial charge in [0.25, 0.3) is 11.8 Å². The zero-order chi connectivity index (χ0) is 58.2. The predicted octanol–water partition coefficient (Wildman–Crippen LogP) is 13.3. The summed E-state index contributed by atoms with van der Waals surface area (Å²) in [6.45, 7) is 1.70. The highest BCUT2D eigenvalue weighted by molar-refractivity contribution is 8.01. The van der Waals surface area contributed by atoms with Crippen molar-refractivity contribution in [2.75, 3.05) is 16.8 Å². The van der Waals surface area contributed by atoms with Crippen LogP contribution in [0.4, 0.5) is 5.13 Å². The molecule has 2 N–H and O–H groups in total. The van der Waals surface area contributed by atoms with Crippen molar-refractivity contribution >= 4 is 63.5 Å². The first-order valence-corrected chi connectivity index (χ1v) is 30.5.